The van der Waals surface area contributed by atoms with E-state index >= 15 is 0 Å². The number of ether oxygens (including phenoxy) is 2. The molecule has 1 aromatic heterocycles. The van der Waals surface area contributed by atoms with E-state index in [0.717, 1.165) is 22.9 Å². The van der Waals surface area contributed by atoms with Crippen LogP contribution in [0, 0.1) is 5.82 Å². The lowest BCUT2D eigenvalue weighted by atomic mass is 10.1. The summed E-state index contributed by atoms with van der Waals surface area (Å²) in [5.74, 6) is 0.352. The summed E-state index contributed by atoms with van der Waals surface area (Å²) in [4.78, 5) is 19.7. The van der Waals surface area contributed by atoms with E-state index in [9.17, 15) is 9.18 Å². The number of halogens is 2. The summed E-state index contributed by atoms with van der Waals surface area (Å²) in [7, 11) is 3.12. The molecular formula is C28H26ClFN2O3. The van der Waals surface area contributed by atoms with Crippen LogP contribution in [0.15, 0.2) is 66.7 Å². The zero-order valence-electron chi connectivity index (χ0n) is 19.8. The Bertz CT molecular complexity index is 1380. The van der Waals surface area contributed by atoms with Crippen LogP contribution in [0.2, 0.25) is 5.15 Å². The topological polar surface area (TPSA) is 51.7 Å². The number of pyridine rings is 1. The highest BCUT2D eigenvalue weighted by Crippen LogP contribution is 2.29. The van der Waals surface area contributed by atoms with Crippen molar-refractivity contribution < 1.29 is 18.7 Å². The maximum atomic E-state index is 13.9. The molecule has 0 saturated carbocycles. The number of benzene rings is 3. The molecule has 1 amide bonds. The van der Waals surface area contributed by atoms with Gasteiger partial charge in [-0.1, -0.05) is 36.7 Å². The van der Waals surface area contributed by atoms with Crippen molar-refractivity contribution in [3.8, 4) is 11.5 Å². The lowest BCUT2D eigenvalue weighted by Crippen LogP contribution is -2.30. The summed E-state index contributed by atoms with van der Waals surface area (Å²) >= 11 is 6.54. The van der Waals surface area contributed by atoms with E-state index in [0.29, 0.717) is 22.2 Å². The van der Waals surface area contributed by atoms with Gasteiger partial charge in [0.25, 0.3) is 5.91 Å². The standard InChI is InChI=1S/C28H26ClFN2O3/c1-4-18-8-10-24-21(12-18)14-22(27(29)31-24)17-32(28(33)20-6-5-7-23(30)15-20)16-19-9-11-25(34-2)26(13-19)35-3/h5-15H,4,16-17H2,1-3H3. The van der Waals surface area contributed by atoms with Gasteiger partial charge >= 0.3 is 0 Å². The average Bonchev–Trinajstić information content (AvgIpc) is 2.87. The van der Waals surface area contributed by atoms with Crippen LogP contribution in [0.25, 0.3) is 10.9 Å². The Morgan fingerprint density at radius 1 is 0.943 bits per heavy atom. The molecule has 35 heavy (non-hydrogen) atoms. The molecule has 0 fully saturated rings. The molecule has 0 saturated heterocycles. The predicted octanol–water partition coefficient (Wildman–Crippen LogP) is 6.45. The van der Waals surface area contributed by atoms with E-state index in [1.807, 2.05) is 30.3 Å². The SMILES string of the molecule is CCc1ccc2nc(Cl)c(CN(Cc3ccc(OC)c(OC)c3)C(=O)c3cccc(F)c3)cc2c1. The van der Waals surface area contributed by atoms with Gasteiger partial charge in [0.1, 0.15) is 11.0 Å². The largest absolute Gasteiger partial charge is 0.493 e. The highest BCUT2D eigenvalue weighted by Gasteiger charge is 2.20. The van der Waals surface area contributed by atoms with Crippen molar-refractivity contribution >= 4 is 28.4 Å². The Balaban J connectivity index is 1.73. The van der Waals surface area contributed by atoms with Gasteiger partial charge in [0.2, 0.25) is 0 Å². The fourth-order valence-electron chi connectivity index (χ4n) is 3.99. The van der Waals surface area contributed by atoms with Gasteiger partial charge in [0, 0.05) is 29.6 Å². The van der Waals surface area contributed by atoms with Gasteiger partial charge in [-0.25, -0.2) is 9.37 Å². The van der Waals surface area contributed by atoms with Crippen LogP contribution in [0.1, 0.15) is 34.0 Å². The first-order chi connectivity index (χ1) is 16.9. The number of carbonyl (C=O) groups is 1. The van der Waals surface area contributed by atoms with Gasteiger partial charge in [-0.3, -0.25) is 4.79 Å². The van der Waals surface area contributed by atoms with Gasteiger partial charge in [-0.2, -0.15) is 0 Å². The first-order valence-corrected chi connectivity index (χ1v) is 11.6. The summed E-state index contributed by atoms with van der Waals surface area (Å²) in [6, 6.07) is 19.2. The molecule has 180 valence electrons. The molecule has 3 aromatic carbocycles. The summed E-state index contributed by atoms with van der Waals surface area (Å²) < 4.78 is 24.6. The normalized spacial score (nSPS) is 10.9. The van der Waals surface area contributed by atoms with Crippen LogP contribution in [0.4, 0.5) is 4.39 Å². The minimum Gasteiger partial charge on any atom is -0.493 e. The van der Waals surface area contributed by atoms with E-state index in [1.165, 1.54) is 23.8 Å². The fourth-order valence-corrected chi connectivity index (χ4v) is 4.19. The van der Waals surface area contributed by atoms with Crippen LogP contribution in [-0.4, -0.2) is 30.0 Å². The Morgan fingerprint density at radius 2 is 1.71 bits per heavy atom. The van der Waals surface area contributed by atoms with Crippen molar-refractivity contribution in [2.45, 2.75) is 26.4 Å². The number of fused-ring (bicyclic) bond motifs is 1. The molecule has 0 atom stereocenters. The summed E-state index contributed by atoms with van der Waals surface area (Å²) in [5, 5.41) is 1.28. The van der Waals surface area contributed by atoms with E-state index < -0.39 is 5.82 Å². The highest BCUT2D eigenvalue weighted by molar-refractivity contribution is 6.30. The first kappa shape index (κ1) is 24.5. The van der Waals surface area contributed by atoms with E-state index in [1.54, 1.807) is 31.3 Å². The number of carbonyl (C=O) groups excluding carboxylic acids is 1. The number of rotatable bonds is 8. The lowest BCUT2D eigenvalue weighted by Gasteiger charge is -2.24. The molecule has 7 heteroatoms. The van der Waals surface area contributed by atoms with Crippen molar-refractivity contribution in [3.05, 3.63) is 100.0 Å². The molecule has 4 rings (SSSR count). The van der Waals surface area contributed by atoms with Crippen LogP contribution < -0.4 is 9.47 Å². The zero-order chi connectivity index (χ0) is 24.9. The third-order valence-electron chi connectivity index (χ3n) is 5.85. The second-order valence-corrected chi connectivity index (χ2v) is 8.54. The van der Waals surface area contributed by atoms with Crippen LogP contribution in [0.3, 0.4) is 0 Å². The van der Waals surface area contributed by atoms with Crippen molar-refractivity contribution in [3.63, 3.8) is 0 Å². The molecule has 4 aromatic rings. The third kappa shape index (κ3) is 5.54. The minimum atomic E-state index is -0.473. The molecule has 0 aliphatic heterocycles. The predicted molar refractivity (Wildman–Crippen MR) is 136 cm³/mol. The number of hydrogen-bond donors (Lipinski definition) is 0. The third-order valence-corrected chi connectivity index (χ3v) is 6.18. The van der Waals surface area contributed by atoms with Gasteiger partial charge in [-0.05, 0) is 66.1 Å². The monoisotopic (exact) mass is 492 g/mol. The fraction of sp³-hybridized carbons (Fsp3) is 0.214. The van der Waals surface area contributed by atoms with Gasteiger partial charge in [0.05, 0.1) is 19.7 Å². The Labute approximate surface area is 209 Å². The molecule has 0 aliphatic carbocycles. The molecule has 1 heterocycles. The van der Waals surface area contributed by atoms with Crippen molar-refractivity contribution in [1.82, 2.24) is 9.88 Å². The maximum Gasteiger partial charge on any atom is 0.254 e. The molecular weight excluding hydrogens is 467 g/mol. The first-order valence-electron chi connectivity index (χ1n) is 11.3. The van der Waals surface area contributed by atoms with Crippen molar-refractivity contribution in [1.29, 1.82) is 0 Å². The number of amides is 1. The lowest BCUT2D eigenvalue weighted by molar-refractivity contribution is 0.0729. The number of nitrogens with zero attached hydrogens (tertiary/aromatic N) is 2. The Morgan fingerprint density at radius 3 is 2.43 bits per heavy atom. The molecule has 0 spiro atoms. The number of aryl methyl sites for hydroxylation is 1. The maximum absolute atomic E-state index is 13.9. The zero-order valence-corrected chi connectivity index (χ0v) is 20.6. The Kier molecular flexibility index (Phi) is 7.51. The Hall–Kier alpha value is -3.64. The summed E-state index contributed by atoms with van der Waals surface area (Å²) in [5.41, 5.74) is 3.76. The van der Waals surface area contributed by atoms with Crippen LogP contribution >= 0.6 is 11.6 Å². The summed E-state index contributed by atoms with van der Waals surface area (Å²) in [6.07, 6.45) is 0.900. The van der Waals surface area contributed by atoms with Gasteiger partial charge < -0.3 is 14.4 Å². The number of methoxy groups -OCH3 is 2. The van der Waals surface area contributed by atoms with Crippen molar-refractivity contribution in [2.75, 3.05) is 14.2 Å². The van der Waals surface area contributed by atoms with Gasteiger partial charge in [0.15, 0.2) is 11.5 Å². The molecule has 0 aliphatic rings. The number of aromatic nitrogens is 1. The molecule has 0 N–H and O–H groups in total. The smallest absolute Gasteiger partial charge is 0.254 e. The van der Waals surface area contributed by atoms with E-state index in [4.69, 9.17) is 21.1 Å². The number of hydrogen-bond acceptors (Lipinski definition) is 4. The second kappa shape index (κ2) is 10.7. The highest BCUT2D eigenvalue weighted by atomic mass is 35.5. The second-order valence-electron chi connectivity index (χ2n) is 8.18. The quantitative estimate of drug-likeness (QED) is 0.265. The van der Waals surface area contributed by atoms with Gasteiger partial charge in [-0.15, -0.1) is 0 Å². The van der Waals surface area contributed by atoms with Crippen molar-refractivity contribution in [2.24, 2.45) is 0 Å². The minimum absolute atomic E-state index is 0.196. The van der Waals surface area contributed by atoms with E-state index in [2.05, 4.69) is 18.0 Å². The molecule has 0 radical (unpaired) electrons. The van der Waals surface area contributed by atoms with Crippen LogP contribution in [0.5, 0.6) is 11.5 Å². The average molecular weight is 493 g/mol. The van der Waals surface area contributed by atoms with Crippen LogP contribution in [-0.2, 0) is 19.5 Å². The molecule has 0 bridgehead atoms. The van der Waals surface area contributed by atoms with E-state index in [-0.39, 0.29) is 24.6 Å². The molecule has 0 unspecified atom stereocenters. The summed E-state index contributed by atoms with van der Waals surface area (Å²) in [6.45, 7) is 2.54. The molecule has 5 nitrogen and oxygen atoms in total.